The molecule has 0 aromatic heterocycles. The van der Waals surface area contributed by atoms with Gasteiger partial charge < -0.3 is 14.8 Å². The third-order valence-corrected chi connectivity index (χ3v) is 3.35. The van der Waals surface area contributed by atoms with Crippen LogP contribution in [0.5, 0.6) is 11.5 Å². The second kappa shape index (κ2) is 5.41. The van der Waals surface area contributed by atoms with Crippen LogP contribution in [0.2, 0.25) is 0 Å². The number of hydrogen-bond acceptors (Lipinski definition) is 3. The molecular weight excluding hydrogens is 214 g/mol. The fourth-order valence-corrected chi connectivity index (χ4v) is 2.51. The van der Waals surface area contributed by atoms with Gasteiger partial charge in [-0.05, 0) is 37.4 Å². The summed E-state index contributed by atoms with van der Waals surface area (Å²) in [5.74, 6) is 1.84. The average Bonchev–Trinajstić information content (AvgIpc) is 2.78. The molecule has 1 atom stereocenters. The van der Waals surface area contributed by atoms with E-state index in [1.54, 1.807) is 14.2 Å². The number of fused-ring (bicyclic) bond motifs is 1. The van der Waals surface area contributed by atoms with Crippen LogP contribution in [-0.4, -0.2) is 20.8 Å². The molecule has 3 heteroatoms. The van der Waals surface area contributed by atoms with Crippen molar-refractivity contribution in [3.8, 4) is 11.5 Å². The summed E-state index contributed by atoms with van der Waals surface area (Å²) in [5.41, 5.74) is 2.68. The van der Waals surface area contributed by atoms with Gasteiger partial charge in [0, 0.05) is 17.7 Å². The van der Waals surface area contributed by atoms with E-state index in [2.05, 4.69) is 18.3 Å². The Labute approximate surface area is 103 Å². The third kappa shape index (κ3) is 2.39. The standard InChI is InChI=1S/C14H21NO2/c1-4-7-15-12-6-5-10-8-11(16-2)9-13(17-3)14(10)12/h8-9,12,15H,4-7H2,1-3H3. The Morgan fingerprint density at radius 1 is 1.29 bits per heavy atom. The minimum absolute atomic E-state index is 0.436. The van der Waals surface area contributed by atoms with Crippen molar-refractivity contribution in [2.24, 2.45) is 0 Å². The van der Waals surface area contributed by atoms with Gasteiger partial charge in [-0.1, -0.05) is 6.92 Å². The van der Waals surface area contributed by atoms with E-state index in [0.29, 0.717) is 6.04 Å². The number of benzene rings is 1. The lowest BCUT2D eigenvalue weighted by Crippen LogP contribution is -2.20. The monoisotopic (exact) mass is 235 g/mol. The molecular formula is C14H21NO2. The summed E-state index contributed by atoms with van der Waals surface area (Å²) in [7, 11) is 3.42. The summed E-state index contributed by atoms with van der Waals surface area (Å²) in [4.78, 5) is 0. The lowest BCUT2D eigenvalue weighted by Gasteiger charge is -2.17. The van der Waals surface area contributed by atoms with Crippen LogP contribution in [0.4, 0.5) is 0 Å². The molecule has 0 heterocycles. The number of nitrogens with one attached hydrogen (secondary N) is 1. The Hall–Kier alpha value is -1.22. The lowest BCUT2D eigenvalue weighted by molar-refractivity contribution is 0.386. The predicted molar refractivity (Wildman–Crippen MR) is 68.9 cm³/mol. The maximum Gasteiger partial charge on any atom is 0.127 e. The van der Waals surface area contributed by atoms with Gasteiger partial charge in [0.05, 0.1) is 14.2 Å². The summed E-state index contributed by atoms with van der Waals surface area (Å²) in [5, 5.41) is 3.58. The Kier molecular flexibility index (Phi) is 3.89. The van der Waals surface area contributed by atoms with Gasteiger partial charge in [0.1, 0.15) is 11.5 Å². The Morgan fingerprint density at radius 3 is 2.76 bits per heavy atom. The number of aryl methyl sites for hydroxylation is 1. The molecule has 1 aliphatic carbocycles. The molecule has 0 saturated heterocycles. The number of hydrogen-bond donors (Lipinski definition) is 1. The van der Waals surface area contributed by atoms with Crippen LogP contribution in [0.3, 0.4) is 0 Å². The molecule has 1 unspecified atom stereocenters. The van der Waals surface area contributed by atoms with E-state index in [4.69, 9.17) is 9.47 Å². The zero-order chi connectivity index (χ0) is 12.3. The summed E-state index contributed by atoms with van der Waals surface area (Å²) in [6.07, 6.45) is 3.41. The highest BCUT2D eigenvalue weighted by Gasteiger charge is 2.26. The molecule has 0 spiro atoms. The predicted octanol–water partition coefficient (Wildman–Crippen LogP) is 2.69. The van der Waals surface area contributed by atoms with Gasteiger partial charge in [0.15, 0.2) is 0 Å². The first kappa shape index (κ1) is 12.2. The van der Waals surface area contributed by atoms with Crippen molar-refractivity contribution >= 4 is 0 Å². The smallest absolute Gasteiger partial charge is 0.127 e. The first-order valence-electron chi connectivity index (χ1n) is 6.28. The average molecular weight is 235 g/mol. The molecule has 94 valence electrons. The van der Waals surface area contributed by atoms with Crippen molar-refractivity contribution in [2.75, 3.05) is 20.8 Å². The molecule has 2 rings (SSSR count). The normalized spacial score (nSPS) is 17.9. The zero-order valence-electron chi connectivity index (χ0n) is 10.9. The molecule has 1 aromatic rings. The van der Waals surface area contributed by atoms with E-state index < -0.39 is 0 Å². The molecule has 0 fully saturated rings. The zero-order valence-corrected chi connectivity index (χ0v) is 10.9. The van der Waals surface area contributed by atoms with Crippen molar-refractivity contribution in [2.45, 2.75) is 32.2 Å². The number of ether oxygens (including phenoxy) is 2. The van der Waals surface area contributed by atoms with Crippen molar-refractivity contribution in [1.29, 1.82) is 0 Å². The highest BCUT2D eigenvalue weighted by molar-refractivity contribution is 5.50. The van der Waals surface area contributed by atoms with Gasteiger partial charge in [-0.3, -0.25) is 0 Å². The molecule has 3 nitrogen and oxygen atoms in total. The van der Waals surface area contributed by atoms with Crippen LogP contribution in [0.15, 0.2) is 12.1 Å². The topological polar surface area (TPSA) is 30.5 Å². The highest BCUT2D eigenvalue weighted by atomic mass is 16.5. The van der Waals surface area contributed by atoms with Gasteiger partial charge >= 0.3 is 0 Å². The van der Waals surface area contributed by atoms with Crippen LogP contribution in [0, 0.1) is 0 Å². The van der Waals surface area contributed by atoms with Crippen molar-refractivity contribution in [3.05, 3.63) is 23.3 Å². The summed E-state index contributed by atoms with van der Waals surface area (Å²) >= 11 is 0. The largest absolute Gasteiger partial charge is 0.497 e. The van der Waals surface area contributed by atoms with Crippen LogP contribution in [0.1, 0.15) is 36.9 Å². The molecule has 17 heavy (non-hydrogen) atoms. The maximum absolute atomic E-state index is 5.49. The Morgan fingerprint density at radius 2 is 2.12 bits per heavy atom. The van der Waals surface area contributed by atoms with Gasteiger partial charge in [-0.25, -0.2) is 0 Å². The molecule has 1 aromatic carbocycles. The molecule has 0 saturated carbocycles. The van der Waals surface area contributed by atoms with Crippen molar-refractivity contribution in [3.63, 3.8) is 0 Å². The fourth-order valence-electron chi connectivity index (χ4n) is 2.51. The highest BCUT2D eigenvalue weighted by Crippen LogP contribution is 2.40. The quantitative estimate of drug-likeness (QED) is 0.851. The van der Waals surface area contributed by atoms with E-state index in [1.165, 1.54) is 11.1 Å². The molecule has 0 amide bonds. The Balaban J connectivity index is 2.30. The van der Waals surface area contributed by atoms with E-state index >= 15 is 0 Å². The van der Waals surface area contributed by atoms with Crippen molar-refractivity contribution in [1.82, 2.24) is 5.32 Å². The molecule has 1 aliphatic rings. The summed E-state index contributed by atoms with van der Waals surface area (Å²) < 4.78 is 10.8. The van der Waals surface area contributed by atoms with Crippen molar-refractivity contribution < 1.29 is 9.47 Å². The fraction of sp³-hybridized carbons (Fsp3) is 0.571. The minimum atomic E-state index is 0.436. The molecule has 0 bridgehead atoms. The van der Waals surface area contributed by atoms with Gasteiger partial charge in [-0.2, -0.15) is 0 Å². The van der Waals surface area contributed by atoms with E-state index in [-0.39, 0.29) is 0 Å². The van der Waals surface area contributed by atoms with Crippen LogP contribution in [0.25, 0.3) is 0 Å². The van der Waals surface area contributed by atoms with Crippen LogP contribution < -0.4 is 14.8 Å². The first-order valence-corrected chi connectivity index (χ1v) is 6.28. The summed E-state index contributed by atoms with van der Waals surface area (Å²) in [6, 6.07) is 4.54. The maximum atomic E-state index is 5.49. The second-order valence-electron chi connectivity index (χ2n) is 4.45. The first-order chi connectivity index (χ1) is 8.30. The molecule has 1 N–H and O–H groups in total. The van der Waals surface area contributed by atoms with Crippen LogP contribution in [-0.2, 0) is 6.42 Å². The van der Waals surface area contributed by atoms with Gasteiger partial charge in [0.25, 0.3) is 0 Å². The summed E-state index contributed by atoms with van der Waals surface area (Å²) in [6.45, 7) is 3.24. The van der Waals surface area contributed by atoms with Gasteiger partial charge in [-0.15, -0.1) is 0 Å². The number of rotatable bonds is 5. The van der Waals surface area contributed by atoms with E-state index in [1.807, 2.05) is 6.07 Å². The Bertz CT molecular complexity index is 390. The minimum Gasteiger partial charge on any atom is -0.497 e. The molecule has 0 aliphatic heterocycles. The van der Waals surface area contributed by atoms with E-state index in [9.17, 15) is 0 Å². The second-order valence-corrected chi connectivity index (χ2v) is 4.45. The molecule has 0 radical (unpaired) electrons. The van der Waals surface area contributed by atoms with Crippen LogP contribution >= 0.6 is 0 Å². The van der Waals surface area contributed by atoms with Gasteiger partial charge in [0.2, 0.25) is 0 Å². The number of methoxy groups -OCH3 is 2. The lowest BCUT2D eigenvalue weighted by atomic mass is 10.1. The third-order valence-electron chi connectivity index (χ3n) is 3.35. The SMILES string of the molecule is CCCNC1CCc2cc(OC)cc(OC)c21. The van der Waals surface area contributed by atoms with E-state index in [0.717, 1.165) is 37.3 Å².